The van der Waals surface area contributed by atoms with Gasteiger partial charge in [-0.05, 0) is 57.6 Å². The number of pyridine rings is 1. The zero-order valence-electron chi connectivity index (χ0n) is 18.2. The molecule has 1 aliphatic rings. The summed E-state index contributed by atoms with van der Waals surface area (Å²) in [6.45, 7) is 7.79. The van der Waals surface area contributed by atoms with Gasteiger partial charge < -0.3 is 19.9 Å². The van der Waals surface area contributed by atoms with Gasteiger partial charge >= 0.3 is 0 Å². The molecule has 1 heterocycles. The lowest BCUT2D eigenvalue weighted by atomic mass is 10.2. The molecule has 0 saturated heterocycles. The van der Waals surface area contributed by atoms with E-state index in [4.69, 9.17) is 9.73 Å². The van der Waals surface area contributed by atoms with E-state index in [1.807, 2.05) is 41.8 Å². The first-order chi connectivity index (χ1) is 14.7. The number of rotatable bonds is 11. The number of benzene rings is 1. The van der Waals surface area contributed by atoms with Crippen LogP contribution in [0.1, 0.15) is 43.9 Å². The standard InChI is InChI=1S/C24H34N4O2/c1-3-25-24(26-15-6-7-16-28-19(2)9-8-12-23(28)29)27-17-21-10-4-5-11-22(21)30-18-20-13-14-20/h4-5,8-12,20H,3,6-7,13-18H2,1-2H3,(H2,25,26,27). The van der Waals surface area contributed by atoms with Crippen LogP contribution in [0.25, 0.3) is 0 Å². The Morgan fingerprint density at radius 2 is 1.97 bits per heavy atom. The number of hydrogen-bond donors (Lipinski definition) is 2. The van der Waals surface area contributed by atoms with Gasteiger partial charge in [0, 0.05) is 37.0 Å². The van der Waals surface area contributed by atoms with Crippen LogP contribution in [-0.4, -0.2) is 30.2 Å². The van der Waals surface area contributed by atoms with Gasteiger partial charge in [-0.25, -0.2) is 4.99 Å². The average Bonchev–Trinajstić information content (AvgIpc) is 3.57. The van der Waals surface area contributed by atoms with Crippen molar-refractivity contribution < 1.29 is 4.74 Å². The lowest BCUT2D eigenvalue weighted by molar-refractivity contribution is 0.297. The van der Waals surface area contributed by atoms with Crippen molar-refractivity contribution in [1.82, 2.24) is 15.2 Å². The third kappa shape index (κ3) is 6.94. The lowest BCUT2D eigenvalue weighted by Crippen LogP contribution is -2.37. The highest BCUT2D eigenvalue weighted by Gasteiger charge is 2.22. The van der Waals surface area contributed by atoms with Crippen molar-refractivity contribution in [3.63, 3.8) is 0 Å². The summed E-state index contributed by atoms with van der Waals surface area (Å²) < 4.78 is 7.82. The van der Waals surface area contributed by atoms with E-state index in [-0.39, 0.29) is 5.56 Å². The molecule has 162 valence electrons. The van der Waals surface area contributed by atoms with Gasteiger partial charge in [-0.15, -0.1) is 0 Å². The van der Waals surface area contributed by atoms with Gasteiger partial charge in [0.2, 0.25) is 0 Å². The minimum Gasteiger partial charge on any atom is -0.493 e. The van der Waals surface area contributed by atoms with Gasteiger partial charge in [0.15, 0.2) is 5.96 Å². The number of ether oxygens (including phenoxy) is 1. The van der Waals surface area contributed by atoms with Gasteiger partial charge in [0.25, 0.3) is 5.56 Å². The number of hydrogen-bond acceptors (Lipinski definition) is 3. The Kier molecular flexibility index (Phi) is 8.36. The van der Waals surface area contributed by atoms with E-state index >= 15 is 0 Å². The molecule has 30 heavy (non-hydrogen) atoms. The van der Waals surface area contributed by atoms with E-state index in [0.29, 0.717) is 6.54 Å². The molecule has 1 fully saturated rings. The Hall–Kier alpha value is -2.76. The Bertz CT molecular complexity index is 887. The number of aliphatic imine (C=N–C) groups is 1. The smallest absolute Gasteiger partial charge is 0.250 e. The third-order valence-corrected chi connectivity index (χ3v) is 5.26. The Morgan fingerprint density at radius 3 is 2.73 bits per heavy atom. The predicted octanol–water partition coefficient (Wildman–Crippen LogP) is 3.48. The average molecular weight is 411 g/mol. The molecule has 0 atom stereocenters. The van der Waals surface area contributed by atoms with E-state index in [0.717, 1.165) is 68.0 Å². The summed E-state index contributed by atoms with van der Waals surface area (Å²) in [4.78, 5) is 16.7. The molecule has 1 aliphatic carbocycles. The SMILES string of the molecule is CCNC(=NCc1ccccc1OCC1CC1)NCCCCn1c(C)cccc1=O. The first-order valence-corrected chi connectivity index (χ1v) is 11.1. The van der Waals surface area contributed by atoms with Gasteiger partial charge in [-0.1, -0.05) is 24.3 Å². The molecule has 0 spiro atoms. The maximum Gasteiger partial charge on any atom is 0.250 e. The van der Waals surface area contributed by atoms with E-state index in [2.05, 4.69) is 23.6 Å². The third-order valence-electron chi connectivity index (χ3n) is 5.26. The van der Waals surface area contributed by atoms with Crippen LogP contribution in [0.2, 0.25) is 0 Å². The van der Waals surface area contributed by atoms with Gasteiger partial charge in [-0.2, -0.15) is 0 Å². The summed E-state index contributed by atoms with van der Waals surface area (Å²) in [5.74, 6) is 2.48. The fourth-order valence-electron chi connectivity index (χ4n) is 3.29. The maximum absolute atomic E-state index is 11.9. The van der Waals surface area contributed by atoms with Crippen LogP contribution in [0.4, 0.5) is 0 Å². The number of aryl methyl sites for hydroxylation is 1. The second-order valence-electron chi connectivity index (χ2n) is 7.85. The number of para-hydroxylation sites is 1. The molecule has 6 heteroatoms. The monoisotopic (exact) mass is 410 g/mol. The lowest BCUT2D eigenvalue weighted by Gasteiger charge is -2.13. The number of nitrogens with one attached hydrogen (secondary N) is 2. The molecule has 0 bridgehead atoms. The van der Waals surface area contributed by atoms with Crippen molar-refractivity contribution >= 4 is 5.96 Å². The topological polar surface area (TPSA) is 67.7 Å². The van der Waals surface area contributed by atoms with Crippen molar-refractivity contribution in [2.75, 3.05) is 19.7 Å². The summed E-state index contributed by atoms with van der Waals surface area (Å²) in [5, 5.41) is 6.70. The first-order valence-electron chi connectivity index (χ1n) is 11.1. The molecular weight excluding hydrogens is 376 g/mol. The van der Waals surface area contributed by atoms with Crippen LogP contribution < -0.4 is 20.9 Å². The van der Waals surface area contributed by atoms with Crippen molar-refractivity contribution in [2.24, 2.45) is 10.9 Å². The number of aromatic nitrogens is 1. The van der Waals surface area contributed by atoms with Crippen LogP contribution in [0.5, 0.6) is 5.75 Å². The highest BCUT2D eigenvalue weighted by Crippen LogP contribution is 2.30. The zero-order chi connectivity index (χ0) is 21.2. The van der Waals surface area contributed by atoms with Gasteiger partial charge in [0.1, 0.15) is 5.75 Å². The largest absolute Gasteiger partial charge is 0.493 e. The highest BCUT2D eigenvalue weighted by molar-refractivity contribution is 5.79. The molecule has 2 N–H and O–H groups in total. The van der Waals surface area contributed by atoms with Gasteiger partial charge in [0.05, 0.1) is 13.2 Å². The first kappa shape index (κ1) is 21.9. The van der Waals surface area contributed by atoms with Crippen molar-refractivity contribution in [3.05, 3.63) is 64.1 Å². The van der Waals surface area contributed by atoms with Crippen molar-refractivity contribution in [3.8, 4) is 5.75 Å². The van der Waals surface area contributed by atoms with E-state index in [9.17, 15) is 4.79 Å². The van der Waals surface area contributed by atoms with E-state index < -0.39 is 0 Å². The molecule has 0 amide bonds. The summed E-state index contributed by atoms with van der Waals surface area (Å²) in [5.41, 5.74) is 2.18. The molecule has 1 saturated carbocycles. The molecule has 0 aliphatic heterocycles. The number of nitrogens with zero attached hydrogens (tertiary/aromatic N) is 2. The Balaban J connectivity index is 1.47. The maximum atomic E-state index is 11.9. The van der Waals surface area contributed by atoms with E-state index in [1.54, 1.807) is 6.07 Å². The van der Waals surface area contributed by atoms with Crippen LogP contribution in [-0.2, 0) is 13.1 Å². The second kappa shape index (κ2) is 11.4. The molecule has 1 aromatic heterocycles. The summed E-state index contributed by atoms with van der Waals surface area (Å²) in [6, 6.07) is 13.6. The summed E-state index contributed by atoms with van der Waals surface area (Å²) >= 11 is 0. The van der Waals surface area contributed by atoms with Crippen LogP contribution >= 0.6 is 0 Å². The van der Waals surface area contributed by atoms with Crippen LogP contribution in [0.15, 0.2) is 52.3 Å². The van der Waals surface area contributed by atoms with Crippen molar-refractivity contribution in [2.45, 2.75) is 52.6 Å². The second-order valence-corrected chi connectivity index (χ2v) is 7.85. The summed E-state index contributed by atoms with van der Waals surface area (Å²) in [7, 11) is 0. The molecule has 0 radical (unpaired) electrons. The minimum absolute atomic E-state index is 0.0698. The summed E-state index contributed by atoms with van der Waals surface area (Å²) in [6.07, 6.45) is 4.47. The number of guanidine groups is 1. The van der Waals surface area contributed by atoms with Gasteiger partial charge in [-0.3, -0.25) is 4.79 Å². The number of unbranched alkanes of at least 4 members (excludes halogenated alkanes) is 1. The molecule has 6 nitrogen and oxygen atoms in total. The minimum atomic E-state index is 0.0698. The molecule has 1 aromatic carbocycles. The van der Waals surface area contributed by atoms with Crippen LogP contribution in [0.3, 0.4) is 0 Å². The fraction of sp³-hybridized carbons (Fsp3) is 0.500. The Labute approximate surface area is 179 Å². The molecule has 0 unspecified atom stereocenters. The van der Waals surface area contributed by atoms with Crippen LogP contribution in [0, 0.1) is 12.8 Å². The van der Waals surface area contributed by atoms with E-state index in [1.165, 1.54) is 12.8 Å². The quantitative estimate of drug-likeness (QED) is 0.338. The fourth-order valence-corrected chi connectivity index (χ4v) is 3.29. The molecular formula is C24H34N4O2. The predicted molar refractivity (Wildman–Crippen MR) is 122 cm³/mol. The normalized spacial score (nSPS) is 13.9. The molecule has 3 rings (SSSR count). The zero-order valence-corrected chi connectivity index (χ0v) is 18.2. The van der Waals surface area contributed by atoms with Crippen molar-refractivity contribution in [1.29, 1.82) is 0 Å². The Morgan fingerprint density at radius 1 is 1.13 bits per heavy atom. The molecule has 2 aromatic rings. The highest BCUT2D eigenvalue weighted by atomic mass is 16.5.